The molecule has 3 N–H and O–H groups in total. The van der Waals surface area contributed by atoms with Crippen LogP contribution in [0, 0.1) is 20.8 Å². The maximum absolute atomic E-state index is 12.2. The predicted molar refractivity (Wildman–Crippen MR) is 94.2 cm³/mol. The van der Waals surface area contributed by atoms with E-state index in [1.165, 1.54) is 0 Å². The number of amides is 1. The number of hydrogen-bond donors (Lipinski definition) is 2. The molecule has 2 rings (SSSR count). The Hall–Kier alpha value is -2.49. The van der Waals surface area contributed by atoms with Gasteiger partial charge in [0.25, 0.3) is 5.91 Å². The molecular formula is C19H24N2O2. The van der Waals surface area contributed by atoms with Crippen LogP contribution >= 0.6 is 0 Å². The molecule has 0 atom stereocenters. The van der Waals surface area contributed by atoms with Crippen LogP contribution in [0.25, 0.3) is 0 Å². The lowest BCUT2D eigenvalue weighted by Crippen LogP contribution is -2.24. The fraction of sp³-hybridized carbons (Fsp3) is 0.316. The van der Waals surface area contributed by atoms with Crippen LogP contribution in [0.4, 0.5) is 5.69 Å². The molecule has 122 valence electrons. The van der Waals surface area contributed by atoms with Crippen molar-refractivity contribution in [3.05, 3.63) is 52.6 Å². The third kappa shape index (κ3) is 4.03. The Bertz CT molecular complexity index is 700. The fourth-order valence-corrected chi connectivity index (χ4v) is 2.51. The summed E-state index contributed by atoms with van der Waals surface area (Å²) in [6.07, 6.45) is 0.908. The lowest BCUT2D eigenvalue weighted by Gasteiger charge is -2.14. The minimum Gasteiger partial charge on any atom is -0.457 e. The second kappa shape index (κ2) is 7.18. The van der Waals surface area contributed by atoms with Gasteiger partial charge in [0.15, 0.2) is 0 Å². The van der Waals surface area contributed by atoms with Gasteiger partial charge in [0.05, 0.1) is 0 Å². The Morgan fingerprint density at radius 1 is 1.09 bits per heavy atom. The molecule has 0 bridgehead atoms. The average molecular weight is 312 g/mol. The smallest absolute Gasteiger partial charge is 0.251 e. The molecule has 4 nitrogen and oxygen atoms in total. The van der Waals surface area contributed by atoms with Crippen LogP contribution in [0.15, 0.2) is 30.3 Å². The molecule has 1 amide bonds. The SMILES string of the molecule is CCCNC(=O)c1cc(Oc2c(C)cc(N)cc2C)ccc1C. The summed E-state index contributed by atoms with van der Waals surface area (Å²) in [4.78, 5) is 12.2. The summed E-state index contributed by atoms with van der Waals surface area (Å²) in [5, 5.41) is 2.90. The van der Waals surface area contributed by atoms with Gasteiger partial charge in [0.1, 0.15) is 11.5 Å². The van der Waals surface area contributed by atoms with E-state index in [2.05, 4.69) is 5.32 Å². The molecule has 4 heteroatoms. The Labute approximate surface area is 137 Å². The summed E-state index contributed by atoms with van der Waals surface area (Å²) in [6.45, 7) is 8.53. The lowest BCUT2D eigenvalue weighted by molar-refractivity contribution is 0.0952. The van der Waals surface area contributed by atoms with Crippen LogP contribution in [0.1, 0.15) is 40.4 Å². The van der Waals surface area contributed by atoms with Crippen molar-refractivity contribution in [2.75, 3.05) is 12.3 Å². The average Bonchev–Trinajstić information content (AvgIpc) is 2.50. The Morgan fingerprint density at radius 2 is 1.74 bits per heavy atom. The van der Waals surface area contributed by atoms with Crippen molar-refractivity contribution in [2.24, 2.45) is 0 Å². The number of ether oxygens (including phenoxy) is 1. The van der Waals surface area contributed by atoms with Crippen molar-refractivity contribution in [2.45, 2.75) is 34.1 Å². The number of aryl methyl sites for hydroxylation is 3. The molecule has 0 aliphatic carbocycles. The van der Waals surface area contributed by atoms with E-state index in [-0.39, 0.29) is 5.91 Å². The lowest BCUT2D eigenvalue weighted by atomic mass is 10.1. The number of nitrogens with two attached hydrogens (primary N) is 1. The highest BCUT2D eigenvalue weighted by atomic mass is 16.5. The van der Waals surface area contributed by atoms with E-state index in [0.717, 1.165) is 34.5 Å². The van der Waals surface area contributed by atoms with Crippen LogP contribution in [-0.2, 0) is 0 Å². The standard InChI is InChI=1S/C19H24N2O2/c1-5-8-21-19(22)17-11-16(7-6-12(17)2)23-18-13(3)9-15(20)10-14(18)4/h6-7,9-11H,5,8,20H2,1-4H3,(H,21,22). The van der Waals surface area contributed by atoms with Gasteiger partial charge in [-0.15, -0.1) is 0 Å². The second-order valence-electron chi connectivity index (χ2n) is 5.82. The predicted octanol–water partition coefficient (Wildman–Crippen LogP) is 4.13. The van der Waals surface area contributed by atoms with Gasteiger partial charge in [-0.3, -0.25) is 4.79 Å². The number of carbonyl (C=O) groups is 1. The molecule has 0 fully saturated rings. The monoisotopic (exact) mass is 312 g/mol. The first-order chi connectivity index (χ1) is 10.9. The van der Waals surface area contributed by atoms with Gasteiger partial charge < -0.3 is 15.8 Å². The molecule has 2 aromatic carbocycles. The first-order valence-corrected chi connectivity index (χ1v) is 7.85. The van der Waals surface area contributed by atoms with E-state index in [4.69, 9.17) is 10.5 Å². The zero-order chi connectivity index (χ0) is 17.0. The number of nitrogen functional groups attached to an aromatic ring is 1. The van der Waals surface area contributed by atoms with Crippen LogP contribution in [0.2, 0.25) is 0 Å². The summed E-state index contributed by atoms with van der Waals surface area (Å²) in [6, 6.07) is 9.33. The summed E-state index contributed by atoms with van der Waals surface area (Å²) in [5.74, 6) is 1.36. The van der Waals surface area contributed by atoms with Gasteiger partial charge in [-0.2, -0.15) is 0 Å². The minimum atomic E-state index is -0.0689. The van der Waals surface area contributed by atoms with Gasteiger partial charge in [0.2, 0.25) is 0 Å². The van der Waals surface area contributed by atoms with Crippen molar-refractivity contribution >= 4 is 11.6 Å². The van der Waals surface area contributed by atoms with Crippen LogP contribution < -0.4 is 15.8 Å². The number of carbonyl (C=O) groups excluding carboxylic acids is 1. The molecule has 23 heavy (non-hydrogen) atoms. The number of hydrogen-bond acceptors (Lipinski definition) is 3. The summed E-state index contributed by atoms with van der Waals surface area (Å²) < 4.78 is 6.01. The molecule has 0 radical (unpaired) electrons. The van der Waals surface area contributed by atoms with Gasteiger partial charge in [-0.1, -0.05) is 13.0 Å². The van der Waals surface area contributed by atoms with Crippen molar-refractivity contribution in [3.8, 4) is 11.5 Å². The Kier molecular flexibility index (Phi) is 5.27. The van der Waals surface area contributed by atoms with Gasteiger partial charge in [-0.25, -0.2) is 0 Å². The zero-order valence-corrected chi connectivity index (χ0v) is 14.2. The van der Waals surface area contributed by atoms with Crippen LogP contribution in [-0.4, -0.2) is 12.5 Å². The molecule has 0 unspecified atom stereocenters. The van der Waals surface area contributed by atoms with Crippen LogP contribution in [0.5, 0.6) is 11.5 Å². The molecule has 0 spiro atoms. The van der Waals surface area contributed by atoms with E-state index >= 15 is 0 Å². The maximum Gasteiger partial charge on any atom is 0.251 e. The van der Waals surface area contributed by atoms with E-state index in [0.29, 0.717) is 17.9 Å². The zero-order valence-electron chi connectivity index (χ0n) is 14.2. The van der Waals surface area contributed by atoms with Gasteiger partial charge >= 0.3 is 0 Å². The van der Waals surface area contributed by atoms with E-state index in [1.54, 1.807) is 6.07 Å². The van der Waals surface area contributed by atoms with Crippen LogP contribution in [0.3, 0.4) is 0 Å². The highest BCUT2D eigenvalue weighted by Crippen LogP contribution is 2.31. The summed E-state index contributed by atoms with van der Waals surface area (Å²) in [7, 11) is 0. The highest BCUT2D eigenvalue weighted by molar-refractivity contribution is 5.96. The molecule has 0 aliphatic rings. The molecule has 0 aromatic heterocycles. The normalized spacial score (nSPS) is 10.4. The van der Waals surface area contributed by atoms with Crippen molar-refractivity contribution < 1.29 is 9.53 Å². The summed E-state index contributed by atoms with van der Waals surface area (Å²) in [5.41, 5.74) is 10.1. The molecule has 0 saturated carbocycles. The number of benzene rings is 2. The third-order valence-electron chi connectivity index (χ3n) is 3.69. The Morgan fingerprint density at radius 3 is 2.35 bits per heavy atom. The molecule has 0 heterocycles. The van der Waals surface area contributed by atoms with E-state index < -0.39 is 0 Å². The number of nitrogens with one attached hydrogen (secondary N) is 1. The van der Waals surface area contributed by atoms with Gasteiger partial charge in [0, 0.05) is 17.8 Å². The first-order valence-electron chi connectivity index (χ1n) is 7.85. The quantitative estimate of drug-likeness (QED) is 0.816. The van der Waals surface area contributed by atoms with Crippen molar-refractivity contribution in [1.29, 1.82) is 0 Å². The Balaban J connectivity index is 2.30. The first kappa shape index (κ1) is 16.9. The third-order valence-corrected chi connectivity index (χ3v) is 3.69. The summed E-state index contributed by atoms with van der Waals surface area (Å²) >= 11 is 0. The van der Waals surface area contributed by atoms with Crippen molar-refractivity contribution in [1.82, 2.24) is 5.32 Å². The number of rotatable bonds is 5. The molecule has 0 saturated heterocycles. The van der Waals surface area contributed by atoms with E-state index in [1.807, 2.05) is 52.0 Å². The van der Waals surface area contributed by atoms with Crippen molar-refractivity contribution in [3.63, 3.8) is 0 Å². The minimum absolute atomic E-state index is 0.0689. The maximum atomic E-state index is 12.2. The van der Waals surface area contributed by atoms with Gasteiger partial charge in [-0.05, 0) is 68.1 Å². The molecule has 2 aromatic rings. The highest BCUT2D eigenvalue weighted by Gasteiger charge is 2.12. The second-order valence-corrected chi connectivity index (χ2v) is 5.82. The number of anilines is 1. The van der Waals surface area contributed by atoms with E-state index in [9.17, 15) is 4.79 Å². The fourth-order valence-electron chi connectivity index (χ4n) is 2.51. The molecule has 0 aliphatic heterocycles. The topological polar surface area (TPSA) is 64.3 Å². The molecular weight excluding hydrogens is 288 g/mol. The largest absolute Gasteiger partial charge is 0.457 e.